The molecule has 1 saturated heterocycles. The van der Waals surface area contributed by atoms with Crippen LogP contribution in [0.3, 0.4) is 0 Å². The number of nitrogens with zero attached hydrogens (tertiary/aromatic N) is 3. The molecule has 5 heteroatoms. The maximum atomic E-state index is 11.5. The quantitative estimate of drug-likeness (QED) is 0.877. The van der Waals surface area contributed by atoms with E-state index in [0.717, 1.165) is 43.9 Å². The second kappa shape index (κ2) is 5.57. The summed E-state index contributed by atoms with van der Waals surface area (Å²) in [5, 5.41) is 9.41. The first-order valence-electron chi connectivity index (χ1n) is 6.64. The van der Waals surface area contributed by atoms with E-state index in [9.17, 15) is 9.90 Å². The van der Waals surface area contributed by atoms with E-state index in [1.165, 1.54) is 0 Å². The van der Waals surface area contributed by atoms with Crippen LogP contribution in [-0.2, 0) is 0 Å². The van der Waals surface area contributed by atoms with E-state index in [1.54, 1.807) is 0 Å². The van der Waals surface area contributed by atoms with E-state index in [-0.39, 0.29) is 0 Å². The number of hydrogen-bond donors (Lipinski definition) is 1. The fourth-order valence-electron chi connectivity index (χ4n) is 2.57. The van der Waals surface area contributed by atoms with Gasteiger partial charge >= 0.3 is 5.97 Å². The highest BCUT2D eigenvalue weighted by Crippen LogP contribution is 2.23. The van der Waals surface area contributed by atoms with Gasteiger partial charge in [-0.05, 0) is 45.5 Å². The molecule has 104 valence electrons. The zero-order chi connectivity index (χ0) is 14.0. The molecule has 2 rings (SSSR count). The second-order valence-electron chi connectivity index (χ2n) is 5.23. The van der Waals surface area contributed by atoms with Crippen LogP contribution in [0, 0.1) is 13.8 Å². The van der Waals surface area contributed by atoms with Crippen LogP contribution in [-0.4, -0.2) is 54.2 Å². The molecule has 1 aliphatic heterocycles. The first-order chi connectivity index (χ1) is 8.99. The van der Waals surface area contributed by atoms with Gasteiger partial charge in [-0.15, -0.1) is 0 Å². The van der Waals surface area contributed by atoms with Crippen LogP contribution in [0.1, 0.15) is 28.0 Å². The van der Waals surface area contributed by atoms with Crippen molar-refractivity contribution in [2.45, 2.75) is 20.3 Å². The lowest BCUT2D eigenvalue weighted by Crippen LogP contribution is -2.31. The number of aromatic carboxylic acids is 1. The van der Waals surface area contributed by atoms with Gasteiger partial charge in [0.05, 0.1) is 0 Å². The van der Waals surface area contributed by atoms with Crippen LogP contribution in [0.25, 0.3) is 0 Å². The Morgan fingerprint density at radius 3 is 2.68 bits per heavy atom. The third-order valence-corrected chi connectivity index (χ3v) is 3.56. The van der Waals surface area contributed by atoms with Gasteiger partial charge in [0.2, 0.25) is 0 Å². The number of anilines is 1. The highest BCUT2D eigenvalue weighted by atomic mass is 16.4. The van der Waals surface area contributed by atoms with E-state index in [2.05, 4.69) is 21.8 Å². The molecule has 0 aromatic carbocycles. The van der Waals surface area contributed by atoms with Gasteiger partial charge in [-0.2, -0.15) is 0 Å². The van der Waals surface area contributed by atoms with E-state index in [1.807, 2.05) is 19.9 Å². The summed E-state index contributed by atoms with van der Waals surface area (Å²) in [7, 11) is 2.09. The van der Waals surface area contributed by atoms with Gasteiger partial charge in [0.25, 0.3) is 0 Å². The molecule has 19 heavy (non-hydrogen) atoms. The lowest BCUT2D eigenvalue weighted by Gasteiger charge is -2.24. The molecule has 5 nitrogen and oxygen atoms in total. The summed E-state index contributed by atoms with van der Waals surface area (Å²) in [6.45, 7) is 7.42. The Labute approximate surface area is 113 Å². The van der Waals surface area contributed by atoms with Crippen LogP contribution in [0.4, 0.5) is 5.82 Å². The lowest BCUT2D eigenvalue weighted by atomic mass is 10.1. The summed E-state index contributed by atoms with van der Waals surface area (Å²) in [6.07, 6.45) is 1.03. The van der Waals surface area contributed by atoms with Crippen molar-refractivity contribution in [1.29, 1.82) is 0 Å². The van der Waals surface area contributed by atoms with Crippen LogP contribution in [0.2, 0.25) is 0 Å². The molecule has 0 amide bonds. The second-order valence-corrected chi connectivity index (χ2v) is 5.23. The van der Waals surface area contributed by atoms with E-state index >= 15 is 0 Å². The summed E-state index contributed by atoms with van der Waals surface area (Å²) < 4.78 is 0. The predicted octanol–water partition coefficient (Wildman–Crippen LogP) is 1.54. The van der Waals surface area contributed by atoms with Crippen LogP contribution in [0.5, 0.6) is 0 Å². The van der Waals surface area contributed by atoms with Crippen molar-refractivity contribution in [3.8, 4) is 0 Å². The molecule has 0 bridgehead atoms. The van der Waals surface area contributed by atoms with E-state index in [0.29, 0.717) is 11.4 Å². The highest BCUT2D eigenvalue weighted by molar-refractivity contribution is 5.95. The Balaban J connectivity index is 2.39. The van der Waals surface area contributed by atoms with Crippen LogP contribution < -0.4 is 4.90 Å². The number of aryl methyl sites for hydroxylation is 2. The number of aromatic nitrogens is 1. The smallest absolute Gasteiger partial charge is 0.339 e. The SMILES string of the molecule is Cc1cc(C)c(C(=O)O)c(N2CCCN(C)CC2)n1. The molecule has 0 radical (unpaired) electrons. The minimum atomic E-state index is -0.891. The third kappa shape index (κ3) is 3.04. The molecule has 2 heterocycles. The largest absolute Gasteiger partial charge is 0.478 e. The van der Waals surface area contributed by atoms with E-state index < -0.39 is 5.97 Å². The minimum absolute atomic E-state index is 0.343. The van der Waals surface area contributed by atoms with Crippen LogP contribution in [0.15, 0.2) is 6.07 Å². The standard InChI is InChI=1S/C14H21N3O2/c1-10-9-11(2)15-13(12(10)14(18)19)17-6-4-5-16(3)7-8-17/h9H,4-8H2,1-3H3,(H,18,19). The number of carboxylic acid groups (broad SMARTS) is 1. The Hall–Kier alpha value is -1.62. The fraction of sp³-hybridized carbons (Fsp3) is 0.571. The van der Waals surface area contributed by atoms with Gasteiger partial charge in [0.1, 0.15) is 11.4 Å². The number of carbonyl (C=O) groups is 1. The van der Waals surface area contributed by atoms with Crippen molar-refractivity contribution in [3.05, 3.63) is 22.9 Å². The highest BCUT2D eigenvalue weighted by Gasteiger charge is 2.22. The molecule has 0 aliphatic carbocycles. The molecule has 1 fully saturated rings. The van der Waals surface area contributed by atoms with Crippen molar-refractivity contribution < 1.29 is 9.90 Å². The molecular formula is C14H21N3O2. The summed E-state index contributed by atoms with van der Waals surface area (Å²) in [5.41, 5.74) is 2.00. The summed E-state index contributed by atoms with van der Waals surface area (Å²) in [4.78, 5) is 20.3. The monoisotopic (exact) mass is 263 g/mol. The number of carboxylic acids is 1. The molecule has 1 aliphatic rings. The van der Waals surface area contributed by atoms with Crippen molar-refractivity contribution in [2.24, 2.45) is 0 Å². The molecular weight excluding hydrogens is 242 g/mol. The van der Waals surface area contributed by atoms with Gasteiger partial charge in [-0.25, -0.2) is 9.78 Å². The van der Waals surface area contributed by atoms with Crippen molar-refractivity contribution in [3.63, 3.8) is 0 Å². The normalized spacial score (nSPS) is 17.3. The first kappa shape index (κ1) is 13.8. The maximum absolute atomic E-state index is 11.5. The zero-order valence-electron chi connectivity index (χ0n) is 11.8. The fourth-order valence-corrected chi connectivity index (χ4v) is 2.57. The summed E-state index contributed by atoms with van der Waals surface area (Å²) in [5.74, 6) is -0.266. The first-order valence-corrected chi connectivity index (χ1v) is 6.64. The summed E-state index contributed by atoms with van der Waals surface area (Å²) >= 11 is 0. The topological polar surface area (TPSA) is 56.7 Å². The van der Waals surface area contributed by atoms with Gasteiger partial charge in [-0.1, -0.05) is 0 Å². The zero-order valence-corrected chi connectivity index (χ0v) is 11.8. The lowest BCUT2D eigenvalue weighted by molar-refractivity contribution is 0.0696. The van der Waals surface area contributed by atoms with Crippen molar-refractivity contribution >= 4 is 11.8 Å². The minimum Gasteiger partial charge on any atom is -0.478 e. The summed E-state index contributed by atoms with van der Waals surface area (Å²) in [6, 6.07) is 1.83. The Morgan fingerprint density at radius 1 is 1.26 bits per heavy atom. The molecule has 1 aromatic rings. The van der Waals surface area contributed by atoms with Gasteiger partial charge in [0, 0.05) is 25.3 Å². The average molecular weight is 263 g/mol. The molecule has 0 saturated carbocycles. The average Bonchev–Trinajstić information content (AvgIpc) is 2.52. The number of hydrogen-bond acceptors (Lipinski definition) is 4. The van der Waals surface area contributed by atoms with Crippen molar-refractivity contribution in [1.82, 2.24) is 9.88 Å². The van der Waals surface area contributed by atoms with Gasteiger partial charge < -0.3 is 14.9 Å². The van der Waals surface area contributed by atoms with E-state index in [4.69, 9.17) is 0 Å². The maximum Gasteiger partial charge on any atom is 0.339 e. The number of rotatable bonds is 2. The molecule has 1 aromatic heterocycles. The van der Waals surface area contributed by atoms with Gasteiger partial charge in [-0.3, -0.25) is 0 Å². The van der Waals surface area contributed by atoms with Gasteiger partial charge in [0.15, 0.2) is 0 Å². The van der Waals surface area contributed by atoms with Crippen LogP contribution >= 0.6 is 0 Å². The molecule has 0 unspecified atom stereocenters. The number of pyridine rings is 1. The molecule has 1 N–H and O–H groups in total. The molecule has 0 spiro atoms. The Bertz CT molecular complexity index is 488. The Morgan fingerprint density at radius 2 is 2.00 bits per heavy atom. The Kier molecular flexibility index (Phi) is 4.04. The number of likely N-dealkylation sites (N-methyl/N-ethyl adjacent to an activating group) is 1. The molecule has 0 atom stereocenters. The van der Waals surface area contributed by atoms with Crippen molar-refractivity contribution in [2.75, 3.05) is 38.1 Å². The predicted molar refractivity (Wildman–Crippen MR) is 75.0 cm³/mol. The third-order valence-electron chi connectivity index (χ3n) is 3.56.